The van der Waals surface area contributed by atoms with Crippen molar-refractivity contribution in [3.05, 3.63) is 60.4 Å². The van der Waals surface area contributed by atoms with Crippen LogP contribution in [-0.4, -0.2) is 38.5 Å². The minimum absolute atomic E-state index is 0.00580. The van der Waals surface area contributed by atoms with Gasteiger partial charge in [-0.15, -0.1) is 0 Å². The lowest BCUT2D eigenvalue weighted by molar-refractivity contribution is -0.138. The summed E-state index contributed by atoms with van der Waals surface area (Å²) in [5.41, 5.74) is 0.130. The fraction of sp³-hybridized carbons (Fsp3) is 0.174. The average molecular weight is 505 g/mol. The van der Waals surface area contributed by atoms with E-state index in [0.29, 0.717) is 16.8 Å². The maximum absolute atomic E-state index is 13.9. The summed E-state index contributed by atoms with van der Waals surface area (Å²) in [5.74, 6) is -1.61. The molecule has 0 unspecified atom stereocenters. The number of amides is 1. The topological polar surface area (TPSA) is 106 Å². The number of alkyl halides is 3. The number of pyridine rings is 1. The molecule has 4 rings (SSSR count). The molecule has 12 heteroatoms. The Bertz CT molecular complexity index is 1480. The van der Waals surface area contributed by atoms with E-state index in [2.05, 4.69) is 9.71 Å². The number of nitrogens with zero attached hydrogens (tertiary/aromatic N) is 2. The standard InChI is InChI=1S/C23H18F3N3O5S/c1-34-22-17-9-14(13-3-5-15(6-4-13)28-35(2,32)33)12-27-21(17)19(11-18(22)23(24,25)26)29-8-7-16(30)10-20(29)31/h3-9,11-12,28H,10H2,1-2H3. The maximum Gasteiger partial charge on any atom is 0.420 e. The number of halogens is 3. The average Bonchev–Trinajstić information content (AvgIpc) is 2.76. The molecule has 2 heterocycles. The summed E-state index contributed by atoms with van der Waals surface area (Å²) in [5, 5.41) is 0.00580. The van der Waals surface area contributed by atoms with Crippen LogP contribution in [0, 0.1) is 0 Å². The zero-order valence-corrected chi connectivity index (χ0v) is 19.2. The largest absolute Gasteiger partial charge is 0.495 e. The zero-order valence-electron chi connectivity index (χ0n) is 18.4. The number of ketones is 1. The summed E-state index contributed by atoms with van der Waals surface area (Å²) in [6.45, 7) is 0. The summed E-state index contributed by atoms with van der Waals surface area (Å²) in [6.07, 6.45) is -0.613. The molecule has 0 saturated carbocycles. The molecule has 1 aromatic heterocycles. The van der Waals surface area contributed by atoms with Crippen LogP contribution in [0.5, 0.6) is 5.75 Å². The highest BCUT2D eigenvalue weighted by atomic mass is 32.2. The number of nitrogens with one attached hydrogen (secondary N) is 1. The molecular weight excluding hydrogens is 487 g/mol. The Kier molecular flexibility index (Phi) is 6.01. The van der Waals surface area contributed by atoms with E-state index in [9.17, 15) is 31.2 Å². The Morgan fingerprint density at radius 3 is 2.34 bits per heavy atom. The normalized spacial score (nSPS) is 14.5. The minimum Gasteiger partial charge on any atom is -0.495 e. The van der Waals surface area contributed by atoms with Gasteiger partial charge in [0.05, 0.1) is 31.0 Å². The van der Waals surface area contributed by atoms with Gasteiger partial charge in [0, 0.05) is 29.0 Å². The van der Waals surface area contributed by atoms with Crippen LogP contribution in [0.3, 0.4) is 0 Å². The van der Waals surface area contributed by atoms with Crippen LogP contribution in [0.1, 0.15) is 12.0 Å². The van der Waals surface area contributed by atoms with Crippen LogP contribution >= 0.6 is 0 Å². The van der Waals surface area contributed by atoms with Gasteiger partial charge in [-0.25, -0.2) is 8.42 Å². The summed E-state index contributed by atoms with van der Waals surface area (Å²) in [7, 11) is -2.38. The molecule has 182 valence electrons. The molecule has 1 N–H and O–H groups in total. The fourth-order valence-corrected chi connectivity index (χ4v) is 4.29. The number of methoxy groups -OCH3 is 1. The van der Waals surface area contributed by atoms with Crippen molar-refractivity contribution < 1.29 is 35.9 Å². The number of rotatable bonds is 5. The SMILES string of the molecule is COc1c(C(F)(F)F)cc(N2C=CC(=O)CC2=O)c2ncc(-c3ccc(NS(C)(=O)=O)cc3)cc12. The number of carbonyl (C=O) groups excluding carboxylic acids is 2. The number of hydrogen-bond donors (Lipinski definition) is 1. The first-order chi connectivity index (χ1) is 16.4. The lowest BCUT2D eigenvalue weighted by atomic mass is 10.0. The summed E-state index contributed by atoms with van der Waals surface area (Å²) >= 11 is 0. The number of hydrogen-bond acceptors (Lipinski definition) is 6. The van der Waals surface area contributed by atoms with Crippen molar-refractivity contribution in [1.29, 1.82) is 0 Å². The molecule has 1 aliphatic rings. The molecule has 3 aromatic rings. The van der Waals surface area contributed by atoms with Gasteiger partial charge in [0.25, 0.3) is 0 Å². The summed E-state index contributed by atoms with van der Waals surface area (Å²) < 4.78 is 72.1. The number of anilines is 2. The number of aromatic nitrogens is 1. The molecule has 0 radical (unpaired) electrons. The van der Waals surface area contributed by atoms with Crippen molar-refractivity contribution in [2.75, 3.05) is 23.0 Å². The monoisotopic (exact) mass is 505 g/mol. The van der Waals surface area contributed by atoms with E-state index in [0.717, 1.165) is 36.6 Å². The lowest BCUT2D eigenvalue weighted by Crippen LogP contribution is -2.31. The second kappa shape index (κ2) is 8.69. The lowest BCUT2D eigenvalue weighted by Gasteiger charge is -2.25. The van der Waals surface area contributed by atoms with E-state index < -0.39 is 45.6 Å². The van der Waals surface area contributed by atoms with E-state index in [1.54, 1.807) is 12.1 Å². The molecule has 0 saturated heterocycles. The van der Waals surface area contributed by atoms with E-state index in [1.807, 2.05) is 0 Å². The van der Waals surface area contributed by atoms with Gasteiger partial charge in [-0.2, -0.15) is 13.2 Å². The van der Waals surface area contributed by atoms with Crippen LogP contribution in [0.15, 0.2) is 54.9 Å². The van der Waals surface area contributed by atoms with E-state index >= 15 is 0 Å². The predicted molar refractivity (Wildman–Crippen MR) is 123 cm³/mol. The van der Waals surface area contributed by atoms with Gasteiger partial charge in [0.1, 0.15) is 11.3 Å². The maximum atomic E-state index is 13.9. The number of carbonyl (C=O) groups is 2. The van der Waals surface area contributed by atoms with Crippen LogP contribution in [0.4, 0.5) is 24.5 Å². The van der Waals surface area contributed by atoms with Crippen molar-refractivity contribution in [3.8, 4) is 16.9 Å². The van der Waals surface area contributed by atoms with Crippen LogP contribution < -0.4 is 14.4 Å². The van der Waals surface area contributed by atoms with Gasteiger partial charge in [0.2, 0.25) is 15.9 Å². The third-order valence-corrected chi connectivity index (χ3v) is 5.80. The molecule has 2 aromatic carbocycles. The first-order valence-electron chi connectivity index (χ1n) is 10.1. The van der Waals surface area contributed by atoms with Crippen LogP contribution in [-0.2, 0) is 25.8 Å². The minimum atomic E-state index is -4.80. The highest BCUT2D eigenvalue weighted by Crippen LogP contribution is 2.45. The molecule has 1 aliphatic heterocycles. The van der Waals surface area contributed by atoms with E-state index in [4.69, 9.17) is 4.74 Å². The van der Waals surface area contributed by atoms with Gasteiger partial charge in [-0.3, -0.25) is 24.2 Å². The van der Waals surface area contributed by atoms with Crippen LogP contribution in [0.2, 0.25) is 0 Å². The molecule has 0 spiro atoms. The third kappa shape index (κ3) is 4.97. The number of benzene rings is 2. The van der Waals surface area contributed by atoms with E-state index in [-0.39, 0.29) is 16.6 Å². The first-order valence-corrected chi connectivity index (χ1v) is 12.0. The highest BCUT2D eigenvalue weighted by molar-refractivity contribution is 7.92. The zero-order chi connectivity index (χ0) is 25.5. The van der Waals surface area contributed by atoms with Gasteiger partial charge >= 0.3 is 6.18 Å². The van der Waals surface area contributed by atoms with E-state index in [1.165, 1.54) is 24.4 Å². The Labute approximate surface area is 198 Å². The van der Waals surface area contributed by atoms with Crippen molar-refractivity contribution >= 4 is 44.0 Å². The predicted octanol–water partition coefficient (Wildman–Crippen LogP) is 4.12. The molecular formula is C23H18F3N3O5S. The number of fused-ring (bicyclic) bond motifs is 1. The van der Waals surface area contributed by atoms with Crippen molar-refractivity contribution in [3.63, 3.8) is 0 Å². The highest BCUT2D eigenvalue weighted by Gasteiger charge is 2.37. The van der Waals surface area contributed by atoms with Crippen molar-refractivity contribution in [1.82, 2.24) is 4.98 Å². The second-order valence-corrected chi connectivity index (χ2v) is 9.52. The van der Waals surface area contributed by atoms with Gasteiger partial charge in [-0.05, 0) is 35.9 Å². The summed E-state index contributed by atoms with van der Waals surface area (Å²) in [4.78, 5) is 29.3. The molecule has 0 fully saturated rings. The molecule has 35 heavy (non-hydrogen) atoms. The quantitative estimate of drug-likeness (QED) is 0.523. The summed E-state index contributed by atoms with van der Waals surface area (Å²) in [6, 6.07) is 8.40. The molecule has 0 aliphatic carbocycles. The Hall–Kier alpha value is -3.93. The Balaban J connectivity index is 1.91. The Morgan fingerprint density at radius 1 is 1.09 bits per heavy atom. The van der Waals surface area contributed by atoms with Crippen LogP contribution in [0.25, 0.3) is 22.0 Å². The van der Waals surface area contributed by atoms with Crippen molar-refractivity contribution in [2.24, 2.45) is 0 Å². The number of ether oxygens (including phenoxy) is 1. The first kappa shape index (κ1) is 24.2. The number of sulfonamides is 1. The fourth-order valence-electron chi connectivity index (χ4n) is 3.72. The molecule has 1 amide bonds. The second-order valence-electron chi connectivity index (χ2n) is 7.77. The molecule has 8 nitrogen and oxygen atoms in total. The Morgan fingerprint density at radius 2 is 1.77 bits per heavy atom. The smallest absolute Gasteiger partial charge is 0.420 e. The van der Waals surface area contributed by atoms with Crippen molar-refractivity contribution in [2.45, 2.75) is 12.6 Å². The van der Waals surface area contributed by atoms with Gasteiger partial charge in [-0.1, -0.05) is 12.1 Å². The third-order valence-electron chi connectivity index (χ3n) is 5.19. The molecule has 0 bridgehead atoms. The molecule has 0 atom stereocenters. The number of allylic oxidation sites excluding steroid dienone is 1. The van der Waals surface area contributed by atoms with Gasteiger partial charge < -0.3 is 4.74 Å². The van der Waals surface area contributed by atoms with Gasteiger partial charge in [0.15, 0.2) is 5.78 Å².